The van der Waals surface area contributed by atoms with E-state index in [1.165, 1.54) is 9.75 Å². The van der Waals surface area contributed by atoms with Crippen molar-refractivity contribution in [2.24, 2.45) is 0 Å². The zero-order valence-corrected chi connectivity index (χ0v) is 15.1. The summed E-state index contributed by atoms with van der Waals surface area (Å²) in [6.07, 6.45) is 1.66. The van der Waals surface area contributed by atoms with Gasteiger partial charge in [-0.3, -0.25) is 9.69 Å². The molecule has 0 saturated carbocycles. The quantitative estimate of drug-likeness (QED) is 0.666. The molecule has 0 fully saturated rings. The van der Waals surface area contributed by atoms with Crippen molar-refractivity contribution in [2.45, 2.75) is 26.6 Å². The highest BCUT2D eigenvalue weighted by Crippen LogP contribution is 2.18. The lowest BCUT2D eigenvalue weighted by atomic mass is 10.2. The molecule has 0 unspecified atom stereocenters. The number of carbonyl (C=O) groups excluding carboxylic acids is 1. The van der Waals surface area contributed by atoms with Crippen LogP contribution in [0.3, 0.4) is 0 Å². The molecule has 0 atom stereocenters. The van der Waals surface area contributed by atoms with Gasteiger partial charge in [-0.15, -0.1) is 11.3 Å². The van der Waals surface area contributed by atoms with E-state index in [-0.39, 0.29) is 5.91 Å². The Bertz CT molecular complexity index is 781. The number of benzene rings is 1. The Morgan fingerprint density at radius 2 is 1.92 bits per heavy atom. The summed E-state index contributed by atoms with van der Waals surface area (Å²) in [5.41, 5.74) is 1.10. The van der Waals surface area contributed by atoms with Crippen LogP contribution in [-0.4, -0.2) is 17.4 Å². The van der Waals surface area contributed by atoms with E-state index in [0.29, 0.717) is 19.6 Å². The van der Waals surface area contributed by atoms with Crippen LogP contribution < -0.4 is 5.32 Å². The van der Waals surface area contributed by atoms with Crippen molar-refractivity contribution >= 4 is 17.2 Å². The number of amides is 1. The Morgan fingerprint density at radius 1 is 1.08 bits per heavy atom. The molecule has 3 aromatic rings. The molecule has 0 aliphatic rings. The van der Waals surface area contributed by atoms with E-state index in [4.69, 9.17) is 4.42 Å². The summed E-state index contributed by atoms with van der Waals surface area (Å²) in [5.74, 6) is 0.882. The fraction of sp³-hybridized carbons (Fsp3) is 0.250. The minimum Gasteiger partial charge on any atom is -0.468 e. The second-order valence-corrected chi connectivity index (χ2v) is 7.37. The van der Waals surface area contributed by atoms with Gasteiger partial charge in [0.15, 0.2) is 0 Å². The van der Waals surface area contributed by atoms with E-state index < -0.39 is 0 Å². The molecule has 4 nitrogen and oxygen atoms in total. The van der Waals surface area contributed by atoms with Crippen LogP contribution in [0, 0.1) is 6.92 Å². The summed E-state index contributed by atoms with van der Waals surface area (Å²) in [6, 6.07) is 18.0. The van der Waals surface area contributed by atoms with Crippen LogP contribution in [0.1, 0.15) is 21.1 Å². The second-order valence-electron chi connectivity index (χ2n) is 6.00. The summed E-state index contributed by atoms with van der Waals surface area (Å²) in [5, 5.41) is 2.99. The van der Waals surface area contributed by atoms with Gasteiger partial charge in [0, 0.05) is 22.8 Å². The Morgan fingerprint density at radius 3 is 2.60 bits per heavy atom. The summed E-state index contributed by atoms with van der Waals surface area (Å²) in [7, 11) is 0. The number of nitrogens with one attached hydrogen (secondary N) is 1. The van der Waals surface area contributed by atoms with E-state index in [1.54, 1.807) is 17.6 Å². The molecule has 130 valence electrons. The lowest BCUT2D eigenvalue weighted by molar-refractivity contribution is -0.122. The largest absolute Gasteiger partial charge is 0.468 e. The predicted octanol–water partition coefficient (Wildman–Crippen LogP) is 3.97. The van der Waals surface area contributed by atoms with Gasteiger partial charge in [-0.25, -0.2) is 0 Å². The van der Waals surface area contributed by atoms with Crippen LogP contribution in [0.5, 0.6) is 0 Å². The third-order valence-electron chi connectivity index (χ3n) is 3.83. The lowest BCUT2D eigenvalue weighted by Crippen LogP contribution is -2.36. The van der Waals surface area contributed by atoms with E-state index in [1.807, 2.05) is 42.5 Å². The van der Waals surface area contributed by atoms with Crippen molar-refractivity contribution in [3.63, 3.8) is 0 Å². The molecule has 0 aliphatic heterocycles. The Kier molecular flexibility index (Phi) is 6.04. The number of carbonyl (C=O) groups is 1. The van der Waals surface area contributed by atoms with Crippen molar-refractivity contribution in [1.82, 2.24) is 10.2 Å². The molecule has 2 aromatic heterocycles. The fourth-order valence-corrected chi connectivity index (χ4v) is 3.57. The van der Waals surface area contributed by atoms with Crippen molar-refractivity contribution in [3.8, 4) is 0 Å². The van der Waals surface area contributed by atoms with Crippen molar-refractivity contribution in [2.75, 3.05) is 6.54 Å². The standard InChI is InChI=1S/C20H22N2O2S/c1-16-9-10-19(25-16)14-22(13-18-8-5-11-24-18)15-20(23)21-12-17-6-3-2-4-7-17/h2-11H,12-15H2,1H3,(H,21,23). The maximum Gasteiger partial charge on any atom is 0.234 e. The molecule has 5 heteroatoms. The van der Waals surface area contributed by atoms with Crippen LogP contribution in [0.2, 0.25) is 0 Å². The Labute approximate surface area is 152 Å². The maximum absolute atomic E-state index is 12.4. The highest BCUT2D eigenvalue weighted by Gasteiger charge is 2.14. The third-order valence-corrected chi connectivity index (χ3v) is 4.82. The smallest absolute Gasteiger partial charge is 0.234 e. The van der Waals surface area contributed by atoms with E-state index >= 15 is 0 Å². The molecule has 3 rings (SSSR count). The van der Waals surface area contributed by atoms with Crippen LogP contribution in [0.15, 0.2) is 65.3 Å². The second kappa shape index (κ2) is 8.65. The molecule has 0 saturated heterocycles. The minimum atomic E-state index is 0.0173. The Hall–Kier alpha value is -2.37. The van der Waals surface area contributed by atoms with Gasteiger partial charge in [0.25, 0.3) is 0 Å². The van der Waals surface area contributed by atoms with Gasteiger partial charge in [-0.05, 0) is 36.8 Å². The Balaban J connectivity index is 1.58. The number of rotatable bonds is 8. The number of aryl methyl sites for hydroxylation is 1. The molecular weight excluding hydrogens is 332 g/mol. The molecule has 0 spiro atoms. The van der Waals surface area contributed by atoms with E-state index in [2.05, 4.69) is 29.3 Å². The normalized spacial score (nSPS) is 11.0. The molecule has 0 bridgehead atoms. The average Bonchev–Trinajstić information content (AvgIpc) is 3.26. The number of thiophene rings is 1. The van der Waals surface area contributed by atoms with Gasteiger partial charge in [0.1, 0.15) is 5.76 Å². The minimum absolute atomic E-state index is 0.0173. The summed E-state index contributed by atoms with van der Waals surface area (Å²) >= 11 is 1.76. The van der Waals surface area contributed by atoms with Crippen molar-refractivity contribution in [3.05, 3.63) is 81.9 Å². The molecule has 1 N–H and O–H groups in total. The molecule has 0 radical (unpaired) electrons. The first-order valence-corrected chi connectivity index (χ1v) is 9.11. The van der Waals surface area contributed by atoms with Crippen LogP contribution >= 0.6 is 11.3 Å². The number of hydrogen-bond acceptors (Lipinski definition) is 4. The third kappa shape index (κ3) is 5.59. The summed E-state index contributed by atoms with van der Waals surface area (Å²) in [4.78, 5) is 17.0. The van der Waals surface area contributed by atoms with Gasteiger partial charge >= 0.3 is 0 Å². The van der Waals surface area contributed by atoms with Crippen LogP contribution in [0.25, 0.3) is 0 Å². The van der Waals surface area contributed by atoms with Gasteiger partial charge in [-0.2, -0.15) is 0 Å². The van der Waals surface area contributed by atoms with Gasteiger partial charge < -0.3 is 9.73 Å². The predicted molar refractivity (Wildman–Crippen MR) is 100 cm³/mol. The SMILES string of the molecule is Cc1ccc(CN(CC(=O)NCc2ccccc2)Cc2ccco2)s1. The molecular formula is C20H22N2O2S. The first-order chi connectivity index (χ1) is 12.2. The molecule has 1 amide bonds. The first kappa shape index (κ1) is 17.5. The van der Waals surface area contributed by atoms with Crippen molar-refractivity contribution < 1.29 is 9.21 Å². The van der Waals surface area contributed by atoms with Crippen LogP contribution in [-0.2, 0) is 24.4 Å². The maximum atomic E-state index is 12.4. The molecule has 25 heavy (non-hydrogen) atoms. The van der Waals surface area contributed by atoms with Crippen molar-refractivity contribution in [1.29, 1.82) is 0 Å². The van der Waals surface area contributed by atoms with Gasteiger partial charge in [0.2, 0.25) is 5.91 Å². The highest BCUT2D eigenvalue weighted by atomic mass is 32.1. The average molecular weight is 354 g/mol. The van der Waals surface area contributed by atoms with Gasteiger partial charge in [-0.1, -0.05) is 30.3 Å². The highest BCUT2D eigenvalue weighted by molar-refractivity contribution is 7.11. The number of furan rings is 1. The van der Waals surface area contributed by atoms with E-state index in [9.17, 15) is 4.79 Å². The monoisotopic (exact) mass is 354 g/mol. The van der Waals surface area contributed by atoms with E-state index in [0.717, 1.165) is 17.9 Å². The molecule has 2 heterocycles. The molecule has 0 aliphatic carbocycles. The van der Waals surface area contributed by atoms with Crippen LogP contribution in [0.4, 0.5) is 0 Å². The lowest BCUT2D eigenvalue weighted by Gasteiger charge is -2.20. The zero-order chi connectivity index (χ0) is 17.5. The zero-order valence-electron chi connectivity index (χ0n) is 14.3. The fourth-order valence-electron chi connectivity index (χ4n) is 2.64. The summed E-state index contributed by atoms with van der Waals surface area (Å²) < 4.78 is 5.45. The first-order valence-electron chi connectivity index (χ1n) is 8.30. The van der Waals surface area contributed by atoms with Gasteiger partial charge in [0.05, 0.1) is 19.4 Å². The number of nitrogens with zero attached hydrogens (tertiary/aromatic N) is 1. The summed E-state index contributed by atoms with van der Waals surface area (Å²) in [6.45, 7) is 4.33. The number of hydrogen-bond donors (Lipinski definition) is 1. The topological polar surface area (TPSA) is 45.5 Å². The molecule has 1 aromatic carbocycles.